The molecule has 180 valence electrons. The van der Waals surface area contributed by atoms with E-state index in [-0.39, 0.29) is 30.4 Å². The van der Waals surface area contributed by atoms with Gasteiger partial charge in [-0.3, -0.25) is 9.59 Å². The summed E-state index contributed by atoms with van der Waals surface area (Å²) in [7, 11) is 0. The number of fused-ring (bicyclic) bond motifs is 3. The minimum atomic E-state index is -2.77. The van der Waals surface area contributed by atoms with E-state index in [9.17, 15) is 14.7 Å². The highest BCUT2D eigenvalue weighted by atomic mass is 16.7. The summed E-state index contributed by atoms with van der Waals surface area (Å²) in [4.78, 5) is 26.3. The lowest BCUT2D eigenvalue weighted by atomic mass is 9.46. The smallest absolute Gasteiger partial charge is 0.190 e. The van der Waals surface area contributed by atoms with Crippen molar-refractivity contribution in [3.63, 3.8) is 0 Å². The highest BCUT2D eigenvalue weighted by Gasteiger charge is 2.81. The van der Waals surface area contributed by atoms with Gasteiger partial charge < -0.3 is 19.3 Å². The topological polar surface area (TPSA) is 85.4 Å². The predicted octanol–water partition coefficient (Wildman–Crippen LogP) is 3.52. The van der Waals surface area contributed by atoms with Crippen LogP contribution >= 0.6 is 0 Å². The van der Waals surface area contributed by atoms with Crippen LogP contribution in [0, 0.1) is 28.6 Å². The molecule has 0 radical (unpaired) electrons. The first-order valence-electron chi connectivity index (χ1n) is 14.8. The number of ether oxygens (including phenoxy) is 3. The molecule has 3 saturated carbocycles. The number of rotatable bonds is 4. The first-order chi connectivity index (χ1) is 17.6. The summed E-state index contributed by atoms with van der Waals surface area (Å²) in [6.07, 6.45) is 2.54. The third-order valence-electron chi connectivity index (χ3n) is 9.83. The number of allylic oxidation sites excluding steroid dienone is 2. The van der Waals surface area contributed by atoms with Gasteiger partial charge in [0.2, 0.25) is 0 Å². The minimum absolute atomic E-state index is 0.00548. The molecule has 0 bridgehead atoms. The fraction of sp³-hybridized carbons (Fsp3) is 0.778. The third kappa shape index (κ3) is 2.70. The van der Waals surface area contributed by atoms with Crippen molar-refractivity contribution in [3.8, 4) is 0 Å². The standard InChI is InChI=1S/C27H36O6/c1-16-12-20-19-8-7-17-13-18(28)9-10-24(17,2)27(19)22(33-27)14-25(20,3)26(16,30)21(29)15-32-23-6-4-5-11-31-23/h9-10,13,16,19-20,22-23,30H,4-8,11-12,14-15H2,1-3H3/t16-,19?,20-,22?,23?,24-,25-,26-,27?/m0/s1/i7D2,13D,15D2. The zero-order valence-corrected chi connectivity index (χ0v) is 19.5. The molecule has 6 nitrogen and oxygen atoms in total. The van der Waals surface area contributed by atoms with E-state index in [1.807, 2.05) is 6.92 Å². The fourth-order valence-electron chi connectivity index (χ4n) is 7.98. The van der Waals surface area contributed by atoms with Crippen LogP contribution in [0.2, 0.25) is 0 Å². The monoisotopic (exact) mass is 461 g/mol. The number of hydrogen-bond acceptors (Lipinski definition) is 6. The molecule has 6 heteroatoms. The van der Waals surface area contributed by atoms with Gasteiger partial charge in [0.1, 0.15) is 17.8 Å². The molecule has 0 aromatic carbocycles. The van der Waals surface area contributed by atoms with Crippen LogP contribution in [0.1, 0.15) is 72.5 Å². The average Bonchev–Trinajstić information content (AvgIpc) is 3.52. The summed E-state index contributed by atoms with van der Waals surface area (Å²) in [6.45, 7) is 3.04. The number of epoxide rings is 1. The lowest BCUT2D eigenvalue weighted by molar-refractivity contribution is -0.189. The van der Waals surface area contributed by atoms with Crippen LogP contribution in [0.4, 0.5) is 0 Å². The predicted molar refractivity (Wildman–Crippen MR) is 120 cm³/mol. The molecule has 2 aliphatic heterocycles. The highest BCUT2D eigenvalue weighted by molar-refractivity contribution is 6.01. The molecule has 0 aromatic heterocycles. The van der Waals surface area contributed by atoms with Crippen LogP contribution < -0.4 is 0 Å². The van der Waals surface area contributed by atoms with E-state index in [1.54, 1.807) is 19.9 Å². The van der Waals surface area contributed by atoms with Crippen LogP contribution in [0.3, 0.4) is 0 Å². The van der Waals surface area contributed by atoms with Gasteiger partial charge in [0, 0.05) is 20.2 Å². The molecule has 4 aliphatic carbocycles. The number of Topliss-reactive ketones (excluding diaryl/α,β-unsaturated/α-hetero) is 1. The largest absolute Gasteiger partial charge is 0.381 e. The summed E-state index contributed by atoms with van der Waals surface area (Å²) in [6, 6.07) is -0.322. The first-order valence-corrected chi connectivity index (χ1v) is 12.3. The maximum Gasteiger partial charge on any atom is 0.190 e. The lowest BCUT2D eigenvalue weighted by Gasteiger charge is -2.55. The molecular weight excluding hydrogens is 420 g/mol. The average molecular weight is 462 g/mol. The van der Waals surface area contributed by atoms with Gasteiger partial charge in [-0.1, -0.05) is 25.5 Å². The van der Waals surface area contributed by atoms with Gasteiger partial charge in [0.05, 0.1) is 10.2 Å². The van der Waals surface area contributed by atoms with E-state index in [0.29, 0.717) is 19.4 Å². The van der Waals surface area contributed by atoms with Crippen LogP contribution in [0.25, 0.3) is 0 Å². The molecule has 0 amide bonds. The van der Waals surface area contributed by atoms with Gasteiger partial charge in [-0.05, 0) is 81.7 Å². The minimum Gasteiger partial charge on any atom is -0.381 e. The summed E-state index contributed by atoms with van der Waals surface area (Å²) in [5, 5.41) is 12.2. The Balaban J connectivity index is 1.38. The second-order valence-corrected chi connectivity index (χ2v) is 11.3. The molecule has 4 unspecified atom stereocenters. The summed E-state index contributed by atoms with van der Waals surface area (Å²) in [5.74, 6) is -2.89. The van der Waals surface area contributed by atoms with Gasteiger partial charge in [-0.2, -0.15) is 0 Å². The molecule has 5 fully saturated rings. The first kappa shape index (κ1) is 17.1. The quantitative estimate of drug-likeness (QED) is 0.645. The highest BCUT2D eigenvalue weighted by Crippen LogP contribution is 2.76. The van der Waals surface area contributed by atoms with Crippen LogP contribution in [0.15, 0.2) is 23.8 Å². The Morgan fingerprint density at radius 1 is 1.36 bits per heavy atom. The second-order valence-electron chi connectivity index (χ2n) is 11.3. The van der Waals surface area contributed by atoms with Gasteiger partial charge in [0.15, 0.2) is 17.9 Å². The van der Waals surface area contributed by atoms with Crippen molar-refractivity contribution in [1.29, 1.82) is 0 Å². The third-order valence-corrected chi connectivity index (χ3v) is 9.83. The summed E-state index contributed by atoms with van der Waals surface area (Å²) in [5.41, 5.74) is -4.86. The van der Waals surface area contributed by atoms with Gasteiger partial charge >= 0.3 is 0 Å². The van der Waals surface area contributed by atoms with E-state index in [4.69, 9.17) is 21.1 Å². The Labute approximate surface area is 202 Å². The molecule has 1 N–H and O–H groups in total. The molecule has 6 rings (SSSR count). The number of carbonyl (C=O) groups excluding carboxylic acids is 2. The van der Waals surface area contributed by atoms with Crippen LogP contribution in [-0.2, 0) is 23.8 Å². The molecule has 9 atom stereocenters. The van der Waals surface area contributed by atoms with Gasteiger partial charge in [-0.25, -0.2) is 0 Å². The van der Waals surface area contributed by atoms with Crippen molar-refractivity contribution >= 4 is 11.6 Å². The lowest BCUT2D eigenvalue weighted by Crippen LogP contribution is -2.62. The van der Waals surface area contributed by atoms with Crippen LogP contribution in [-0.4, -0.2) is 53.4 Å². The Kier molecular flexibility index (Phi) is 3.69. The Hall–Kier alpha value is -1.34. The van der Waals surface area contributed by atoms with Crippen molar-refractivity contribution in [2.24, 2.45) is 28.6 Å². The van der Waals surface area contributed by atoms with Gasteiger partial charge in [0.25, 0.3) is 0 Å². The normalized spacial score (nSPS) is 56.8. The fourth-order valence-corrected chi connectivity index (χ4v) is 7.98. The maximum atomic E-state index is 13.9. The molecule has 1 spiro atoms. The molecule has 2 saturated heterocycles. The van der Waals surface area contributed by atoms with Crippen LogP contribution in [0.5, 0.6) is 0 Å². The van der Waals surface area contributed by atoms with E-state index >= 15 is 0 Å². The summed E-state index contributed by atoms with van der Waals surface area (Å²) >= 11 is 0. The second kappa shape index (κ2) is 7.09. The molecule has 2 heterocycles. The molecule has 6 aliphatic rings. The SMILES string of the molecule is [2H]C1=C2C([2H])([2H])CC3[C@@H]4C[C@H](C)[C@](O)(C(=O)C([2H])([2H])OC5CCCCO5)[C@@]4(C)CC4OC43[C@@]2(C)C=CC1=O. The zero-order valence-electron chi connectivity index (χ0n) is 24.5. The Morgan fingerprint density at radius 3 is 2.94 bits per heavy atom. The number of carbonyl (C=O) groups is 2. The maximum absolute atomic E-state index is 13.9. The van der Waals surface area contributed by atoms with Crippen molar-refractivity contribution in [2.75, 3.05) is 13.2 Å². The number of hydrogen-bond donors (Lipinski definition) is 1. The molecule has 0 aromatic rings. The van der Waals surface area contributed by atoms with E-state index in [0.717, 1.165) is 12.8 Å². The summed E-state index contributed by atoms with van der Waals surface area (Å²) < 4.78 is 60.8. The Bertz CT molecular complexity index is 1160. The van der Waals surface area contributed by atoms with Crippen molar-refractivity contribution < 1.29 is 35.8 Å². The van der Waals surface area contributed by atoms with E-state index < -0.39 is 70.8 Å². The Morgan fingerprint density at radius 2 is 2.18 bits per heavy atom. The van der Waals surface area contributed by atoms with Crippen molar-refractivity contribution in [1.82, 2.24) is 0 Å². The number of ketones is 2. The van der Waals surface area contributed by atoms with Crippen molar-refractivity contribution in [2.45, 2.75) is 89.3 Å². The van der Waals surface area contributed by atoms with E-state index in [2.05, 4.69) is 0 Å². The van der Waals surface area contributed by atoms with Gasteiger partial charge in [-0.15, -0.1) is 0 Å². The molecule has 33 heavy (non-hydrogen) atoms. The number of aliphatic hydroxyl groups is 1. The molecular formula is C27H36O6. The zero-order chi connectivity index (χ0) is 27.7. The van der Waals surface area contributed by atoms with Crippen molar-refractivity contribution in [3.05, 3.63) is 23.8 Å². The van der Waals surface area contributed by atoms with E-state index in [1.165, 1.54) is 6.08 Å².